The van der Waals surface area contributed by atoms with Gasteiger partial charge in [0.25, 0.3) is 0 Å². The minimum absolute atomic E-state index is 0.0606. The SMILES string of the molecule is COc1ccc(Cl)cc1CC(=O)NC1(CC(=O)O)CCOC1. The number of carboxylic acid groups (broad SMARTS) is 1. The predicted molar refractivity (Wildman–Crippen MR) is 80.3 cm³/mol. The van der Waals surface area contributed by atoms with Crippen molar-refractivity contribution in [1.29, 1.82) is 0 Å². The molecule has 1 heterocycles. The number of halogens is 1. The van der Waals surface area contributed by atoms with Crippen molar-refractivity contribution in [3.63, 3.8) is 0 Å². The largest absolute Gasteiger partial charge is 0.496 e. The molecule has 1 aromatic rings. The number of methoxy groups -OCH3 is 1. The molecule has 120 valence electrons. The van der Waals surface area contributed by atoms with Gasteiger partial charge in [0.15, 0.2) is 0 Å². The molecule has 0 bridgehead atoms. The van der Waals surface area contributed by atoms with Crippen LogP contribution in [-0.2, 0) is 20.7 Å². The molecular weight excluding hydrogens is 310 g/mol. The van der Waals surface area contributed by atoms with Crippen LogP contribution >= 0.6 is 11.6 Å². The Balaban J connectivity index is 2.08. The van der Waals surface area contributed by atoms with E-state index in [1.165, 1.54) is 7.11 Å². The van der Waals surface area contributed by atoms with Crippen molar-refractivity contribution in [2.24, 2.45) is 0 Å². The van der Waals surface area contributed by atoms with Crippen LogP contribution in [0.1, 0.15) is 18.4 Å². The highest BCUT2D eigenvalue weighted by molar-refractivity contribution is 6.30. The molecule has 1 amide bonds. The summed E-state index contributed by atoms with van der Waals surface area (Å²) in [7, 11) is 1.52. The second-order valence-corrected chi connectivity index (χ2v) is 5.77. The number of nitrogens with one attached hydrogen (secondary N) is 1. The van der Waals surface area contributed by atoms with Crippen LogP contribution in [0.25, 0.3) is 0 Å². The van der Waals surface area contributed by atoms with Crippen molar-refractivity contribution >= 4 is 23.5 Å². The van der Waals surface area contributed by atoms with Gasteiger partial charge in [-0.25, -0.2) is 0 Å². The molecule has 6 nitrogen and oxygen atoms in total. The predicted octanol–water partition coefficient (Wildman–Crippen LogP) is 1.64. The molecule has 1 aromatic carbocycles. The minimum Gasteiger partial charge on any atom is -0.496 e. The molecule has 1 atom stereocenters. The topological polar surface area (TPSA) is 84.9 Å². The smallest absolute Gasteiger partial charge is 0.305 e. The third kappa shape index (κ3) is 4.11. The van der Waals surface area contributed by atoms with Gasteiger partial charge >= 0.3 is 5.97 Å². The first-order valence-electron chi connectivity index (χ1n) is 6.87. The molecule has 0 saturated carbocycles. The monoisotopic (exact) mass is 327 g/mol. The normalized spacial score (nSPS) is 20.6. The number of amides is 1. The number of hydrogen-bond donors (Lipinski definition) is 2. The van der Waals surface area contributed by atoms with Crippen LogP contribution < -0.4 is 10.1 Å². The molecule has 0 aromatic heterocycles. The van der Waals surface area contributed by atoms with Gasteiger partial charge in [-0.3, -0.25) is 9.59 Å². The van der Waals surface area contributed by atoms with Crippen LogP contribution in [0.15, 0.2) is 18.2 Å². The molecule has 2 N–H and O–H groups in total. The molecule has 22 heavy (non-hydrogen) atoms. The molecule has 1 aliphatic rings. The van der Waals surface area contributed by atoms with Crippen molar-refractivity contribution < 1.29 is 24.2 Å². The number of rotatable bonds is 6. The van der Waals surface area contributed by atoms with E-state index in [-0.39, 0.29) is 25.4 Å². The fourth-order valence-corrected chi connectivity index (χ4v) is 2.77. The number of benzene rings is 1. The zero-order valence-electron chi connectivity index (χ0n) is 12.2. The van der Waals surface area contributed by atoms with E-state index in [2.05, 4.69) is 5.32 Å². The Morgan fingerprint density at radius 3 is 2.86 bits per heavy atom. The first-order valence-corrected chi connectivity index (χ1v) is 7.25. The number of aliphatic carboxylic acids is 1. The highest BCUT2D eigenvalue weighted by Crippen LogP contribution is 2.25. The van der Waals surface area contributed by atoms with Crippen LogP contribution in [0, 0.1) is 0 Å². The van der Waals surface area contributed by atoms with Gasteiger partial charge in [0.2, 0.25) is 5.91 Å². The number of hydrogen-bond acceptors (Lipinski definition) is 4. The van der Waals surface area contributed by atoms with Gasteiger partial charge in [-0.15, -0.1) is 0 Å². The molecule has 1 unspecified atom stereocenters. The van der Waals surface area contributed by atoms with Crippen LogP contribution in [0.2, 0.25) is 5.02 Å². The van der Waals surface area contributed by atoms with Crippen LogP contribution in [0.4, 0.5) is 0 Å². The van der Waals surface area contributed by atoms with Gasteiger partial charge in [0.1, 0.15) is 5.75 Å². The van der Waals surface area contributed by atoms with E-state index in [9.17, 15) is 9.59 Å². The maximum Gasteiger partial charge on any atom is 0.305 e. The summed E-state index contributed by atoms with van der Waals surface area (Å²) < 4.78 is 10.5. The van der Waals surface area contributed by atoms with Crippen molar-refractivity contribution in [3.05, 3.63) is 28.8 Å². The lowest BCUT2D eigenvalue weighted by atomic mass is 9.94. The fraction of sp³-hybridized carbons (Fsp3) is 0.467. The first-order chi connectivity index (χ1) is 10.4. The van der Waals surface area contributed by atoms with E-state index in [1.54, 1.807) is 18.2 Å². The fourth-order valence-electron chi connectivity index (χ4n) is 2.58. The summed E-state index contributed by atoms with van der Waals surface area (Å²) in [6, 6.07) is 5.03. The molecule has 1 fully saturated rings. The van der Waals surface area contributed by atoms with Gasteiger partial charge in [0.05, 0.1) is 32.1 Å². The Hall–Kier alpha value is -1.79. The average Bonchev–Trinajstić information content (AvgIpc) is 2.85. The van der Waals surface area contributed by atoms with E-state index in [0.29, 0.717) is 29.4 Å². The number of ether oxygens (including phenoxy) is 2. The third-order valence-corrected chi connectivity index (χ3v) is 3.83. The zero-order valence-corrected chi connectivity index (χ0v) is 13.0. The van der Waals surface area contributed by atoms with Gasteiger partial charge in [-0.2, -0.15) is 0 Å². The van der Waals surface area contributed by atoms with E-state index >= 15 is 0 Å². The summed E-state index contributed by atoms with van der Waals surface area (Å²) >= 11 is 5.94. The van der Waals surface area contributed by atoms with Gasteiger partial charge < -0.3 is 19.9 Å². The summed E-state index contributed by atoms with van der Waals surface area (Å²) in [5.74, 6) is -0.687. The second kappa shape index (κ2) is 6.98. The average molecular weight is 328 g/mol. The van der Waals surface area contributed by atoms with E-state index in [4.69, 9.17) is 26.2 Å². The highest BCUT2D eigenvalue weighted by Gasteiger charge is 2.38. The van der Waals surface area contributed by atoms with Gasteiger partial charge in [-0.1, -0.05) is 11.6 Å². The van der Waals surface area contributed by atoms with Crippen molar-refractivity contribution in [2.45, 2.75) is 24.8 Å². The van der Waals surface area contributed by atoms with Crippen LogP contribution in [0.3, 0.4) is 0 Å². The summed E-state index contributed by atoms with van der Waals surface area (Å²) in [5.41, 5.74) is -0.189. The Morgan fingerprint density at radius 1 is 1.50 bits per heavy atom. The quantitative estimate of drug-likeness (QED) is 0.829. The molecule has 2 rings (SSSR count). The second-order valence-electron chi connectivity index (χ2n) is 5.33. The lowest BCUT2D eigenvalue weighted by Crippen LogP contribution is -2.51. The number of carboxylic acids is 1. The lowest BCUT2D eigenvalue weighted by Gasteiger charge is -2.27. The Kier molecular flexibility index (Phi) is 5.26. The Morgan fingerprint density at radius 2 is 2.27 bits per heavy atom. The van der Waals surface area contributed by atoms with Crippen molar-refractivity contribution in [1.82, 2.24) is 5.32 Å². The maximum atomic E-state index is 12.3. The van der Waals surface area contributed by atoms with Crippen LogP contribution in [0.5, 0.6) is 5.75 Å². The molecule has 1 saturated heterocycles. The highest BCUT2D eigenvalue weighted by atomic mass is 35.5. The van der Waals surface area contributed by atoms with E-state index in [0.717, 1.165) is 0 Å². The zero-order chi connectivity index (χ0) is 16.2. The van der Waals surface area contributed by atoms with Gasteiger partial charge in [-0.05, 0) is 24.6 Å². The molecule has 1 aliphatic heterocycles. The molecule has 7 heteroatoms. The summed E-state index contributed by atoms with van der Waals surface area (Å²) in [6.07, 6.45) is 0.383. The molecular formula is C15H18ClNO5. The molecule has 0 radical (unpaired) electrons. The maximum absolute atomic E-state index is 12.3. The minimum atomic E-state index is -0.967. The molecule has 0 spiro atoms. The van der Waals surface area contributed by atoms with E-state index < -0.39 is 11.5 Å². The number of carbonyl (C=O) groups excluding carboxylic acids is 1. The summed E-state index contributed by atoms with van der Waals surface area (Å²) in [6.45, 7) is 0.645. The summed E-state index contributed by atoms with van der Waals surface area (Å²) in [5, 5.41) is 12.3. The summed E-state index contributed by atoms with van der Waals surface area (Å²) in [4.78, 5) is 23.3. The van der Waals surface area contributed by atoms with Gasteiger partial charge in [0, 0.05) is 17.2 Å². The Labute approximate surface area is 133 Å². The lowest BCUT2D eigenvalue weighted by molar-refractivity contribution is -0.139. The number of carbonyl (C=O) groups is 2. The van der Waals surface area contributed by atoms with Crippen LogP contribution in [-0.4, -0.2) is 42.8 Å². The standard InChI is InChI=1S/C15H18ClNO5/c1-21-12-3-2-11(16)6-10(12)7-13(18)17-15(8-14(19)20)4-5-22-9-15/h2-3,6H,4-5,7-9H2,1H3,(H,17,18)(H,19,20). The Bertz CT molecular complexity index is 569. The first kappa shape index (κ1) is 16.6. The van der Waals surface area contributed by atoms with E-state index in [1.807, 2.05) is 0 Å². The molecule has 0 aliphatic carbocycles. The third-order valence-electron chi connectivity index (χ3n) is 3.59. The van der Waals surface area contributed by atoms with Crippen molar-refractivity contribution in [3.8, 4) is 5.75 Å². The van der Waals surface area contributed by atoms with Crippen molar-refractivity contribution in [2.75, 3.05) is 20.3 Å².